The molecule has 0 aliphatic carbocycles. The van der Waals surface area contributed by atoms with E-state index in [1.54, 1.807) is 10.9 Å². The van der Waals surface area contributed by atoms with Crippen LogP contribution >= 0.6 is 11.8 Å². The Kier molecular flexibility index (Phi) is 5.63. The molecule has 2 N–H and O–H groups in total. The van der Waals surface area contributed by atoms with Crippen LogP contribution in [0.1, 0.15) is 20.3 Å². The van der Waals surface area contributed by atoms with Gasteiger partial charge in [-0.05, 0) is 6.42 Å². The highest BCUT2D eigenvalue weighted by molar-refractivity contribution is 7.99. The topological polar surface area (TPSA) is 97.1 Å². The molecule has 0 bridgehead atoms. The maximum absolute atomic E-state index is 10.9. The largest absolute Gasteiger partial charge is 0.480 e. The van der Waals surface area contributed by atoms with Gasteiger partial charge in [-0.3, -0.25) is 4.79 Å². The number of rotatable bonds is 7. The first kappa shape index (κ1) is 14.5. The highest BCUT2D eigenvalue weighted by Gasteiger charge is 2.19. The van der Waals surface area contributed by atoms with E-state index in [0.717, 1.165) is 18.0 Å². The van der Waals surface area contributed by atoms with Crippen LogP contribution in [0.4, 0.5) is 0 Å². The maximum Gasteiger partial charge on any atom is 0.327 e. The fraction of sp³-hybridized carbons (Fsp3) is 0.600. The van der Waals surface area contributed by atoms with E-state index in [4.69, 9.17) is 5.11 Å². The molecule has 0 fully saturated rings. The number of carboxylic acid groups (broad SMARTS) is 1. The predicted octanol–water partition coefficient (Wildman–Crippen LogP) is 0.369. The molecular formula is C10H16N4O3S. The van der Waals surface area contributed by atoms with Crippen molar-refractivity contribution in [1.82, 2.24) is 20.3 Å². The van der Waals surface area contributed by atoms with E-state index in [1.165, 1.54) is 18.7 Å². The van der Waals surface area contributed by atoms with Crippen LogP contribution in [0.2, 0.25) is 0 Å². The average molecular weight is 272 g/mol. The molecular weight excluding hydrogens is 256 g/mol. The minimum absolute atomic E-state index is 0.242. The number of aromatic nitrogens is 3. The smallest absolute Gasteiger partial charge is 0.327 e. The predicted molar refractivity (Wildman–Crippen MR) is 66.3 cm³/mol. The first-order valence-electron chi connectivity index (χ1n) is 5.55. The zero-order valence-corrected chi connectivity index (χ0v) is 11.1. The standard InChI is InChI=1S/C10H16N4O3S/c1-3-4-14-9(5-11-13-14)18-6-8(10(16)17)12-7(2)15/h5,8H,3-4,6H2,1-2H3,(H,12,15)(H,16,17)/t8-/m0/s1. The van der Waals surface area contributed by atoms with Gasteiger partial charge in [0.25, 0.3) is 0 Å². The Morgan fingerprint density at radius 3 is 2.89 bits per heavy atom. The second-order valence-electron chi connectivity index (χ2n) is 3.70. The summed E-state index contributed by atoms with van der Waals surface area (Å²) in [6.07, 6.45) is 2.51. The first-order valence-corrected chi connectivity index (χ1v) is 6.54. The summed E-state index contributed by atoms with van der Waals surface area (Å²) in [7, 11) is 0. The van der Waals surface area contributed by atoms with E-state index in [1.807, 2.05) is 6.92 Å². The summed E-state index contributed by atoms with van der Waals surface area (Å²) in [4.78, 5) is 21.8. The van der Waals surface area contributed by atoms with E-state index < -0.39 is 12.0 Å². The Bertz CT molecular complexity index is 421. The van der Waals surface area contributed by atoms with Crippen LogP contribution in [0.25, 0.3) is 0 Å². The van der Waals surface area contributed by atoms with Crippen LogP contribution in [-0.2, 0) is 16.1 Å². The van der Waals surface area contributed by atoms with Crippen molar-refractivity contribution in [3.63, 3.8) is 0 Å². The molecule has 8 heteroatoms. The second kappa shape index (κ2) is 7.00. The van der Waals surface area contributed by atoms with Crippen molar-refractivity contribution in [2.45, 2.75) is 37.9 Å². The normalized spacial score (nSPS) is 12.1. The molecule has 18 heavy (non-hydrogen) atoms. The molecule has 0 unspecified atom stereocenters. The third kappa shape index (κ3) is 4.36. The van der Waals surface area contributed by atoms with Gasteiger partial charge in [-0.1, -0.05) is 12.1 Å². The lowest BCUT2D eigenvalue weighted by atomic mass is 10.3. The van der Waals surface area contributed by atoms with Gasteiger partial charge >= 0.3 is 5.97 Å². The zero-order chi connectivity index (χ0) is 13.5. The van der Waals surface area contributed by atoms with E-state index in [0.29, 0.717) is 0 Å². The summed E-state index contributed by atoms with van der Waals surface area (Å²) in [6, 6.07) is -0.905. The van der Waals surface area contributed by atoms with Crippen molar-refractivity contribution in [2.75, 3.05) is 5.75 Å². The summed E-state index contributed by atoms with van der Waals surface area (Å²) in [5, 5.41) is 19.8. The third-order valence-electron chi connectivity index (χ3n) is 2.09. The molecule has 1 rings (SSSR count). The molecule has 1 aromatic rings. The van der Waals surface area contributed by atoms with Crippen molar-refractivity contribution in [1.29, 1.82) is 0 Å². The minimum Gasteiger partial charge on any atom is -0.480 e. The number of aryl methyl sites for hydroxylation is 1. The Morgan fingerprint density at radius 2 is 2.33 bits per heavy atom. The molecule has 0 spiro atoms. The monoisotopic (exact) mass is 272 g/mol. The van der Waals surface area contributed by atoms with Crippen molar-refractivity contribution in [2.24, 2.45) is 0 Å². The van der Waals surface area contributed by atoms with E-state index >= 15 is 0 Å². The number of carbonyl (C=O) groups is 2. The third-order valence-corrected chi connectivity index (χ3v) is 3.20. The van der Waals surface area contributed by atoms with Gasteiger partial charge in [-0.25, -0.2) is 9.48 Å². The summed E-state index contributed by atoms with van der Waals surface area (Å²) in [6.45, 7) is 4.05. The maximum atomic E-state index is 10.9. The number of hydrogen-bond acceptors (Lipinski definition) is 5. The van der Waals surface area contributed by atoms with Crippen LogP contribution in [-0.4, -0.2) is 43.8 Å². The highest BCUT2D eigenvalue weighted by atomic mass is 32.2. The SMILES string of the molecule is CCCn1nncc1SC[C@H](NC(C)=O)C(=O)O. The van der Waals surface area contributed by atoms with Gasteiger partial charge in [0.05, 0.1) is 6.20 Å². The van der Waals surface area contributed by atoms with Gasteiger partial charge in [0.2, 0.25) is 5.91 Å². The fourth-order valence-corrected chi connectivity index (χ4v) is 2.28. The molecule has 0 aromatic carbocycles. The van der Waals surface area contributed by atoms with Crippen LogP contribution < -0.4 is 5.32 Å². The molecule has 1 aromatic heterocycles. The van der Waals surface area contributed by atoms with E-state index in [9.17, 15) is 9.59 Å². The molecule has 1 atom stereocenters. The number of carbonyl (C=O) groups excluding carboxylic acids is 1. The van der Waals surface area contributed by atoms with E-state index in [2.05, 4.69) is 15.6 Å². The lowest BCUT2D eigenvalue weighted by Gasteiger charge is -2.12. The molecule has 7 nitrogen and oxygen atoms in total. The number of carboxylic acids is 1. The molecule has 0 aliphatic rings. The quantitative estimate of drug-likeness (QED) is 0.696. The molecule has 0 aliphatic heterocycles. The highest BCUT2D eigenvalue weighted by Crippen LogP contribution is 2.17. The Balaban J connectivity index is 2.58. The van der Waals surface area contributed by atoms with Gasteiger partial charge in [-0.15, -0.1) is 16.9 Å². The number of thioether (sulfide) groups is 1. The second-order valence-corrected chi connectivity index (χ2v) is 4.74. The van der Waals surface area contributed by atoms with Gasteiger partial charge in [0.1, 0.15) is 11.1 Å². The number of amides is 1. The molecule has 0 radical (unpaired) electrons. The number of hydrogen-bond donors (Lipinski definition) is 2. The number of aliphatic carboxylic acids is 1. The van der Waals surface area contributed by atoms with Crippen molar-refractivity contribution < 1.29 is 14.7 Å². The number of nitrogens with one attached hydrogen (secondary N) is 1. The molecule has 1 heterocycles. The first-order chi connectivity index (χ1) is 8.54. The summed E-state index contributed by atoms with van der Waals surface area (Å²) < 4.78 is 1.72. The Hall–Kier alpha value is -1.57. The molecule has 100 valence electrons. The van der Waals surface area contributed by atoms with Crippen LogP contribution in [0.5, 0.6) is 0 Å². The van der Waals surface area contributed by atoms with E-state index in [-0.39, 0.29) is 11.7 Å². The van der Waals surface area contributed by atoms with Crippen LogP contribution in [0.15, 0.2) is 11.2 Å². The van der Waals surface area contributed by atoms with Gasteiger partial charge in [-0.2, -0.15) is 0 Å². The van der Waals surface area contributed by atoms with Gasteiger partial charge < -0.3 is 10.4 Å². The molecule has 0 saturated carbocycles. The van der Waals surface area contributed by atoms with Crippen molar-refractivity contribution >= 4 is 23.6 Å². The summed E-state index contributed by atoms with van der Waals surface area (Å²) in [5.74, 6) is -1.16. The lowest BCUT2D eigenvalue weighted by Crippen LogP contribution is -2.41. The lowest BCUT2D eigenvalue weighted by molar-refractivity contribution is -0.140. The summed E-state index contributed by atoms with van der Waals surface area (Å²) in [5.41, 5.74) is 0. The molecule has 1 amide bonds. The van der Waals surface area contributed by atoms with Crippen LogP contribution in [0, 0.1) is 0 Å². The Labute approximate surface area is 109 Å². The number of nitrogens with zero attached hydrogens (tertiary/aromatic N) is 3. The minimum atomic E-state index is -1.05. The fourth-order valence-electron chi connectivity index (χ4n) is 1.32. The van der Waals surface area contributed by atoms with Gasteiger partial charge in [0.15, 0.2) is 0 Å². The molecule has 0 saturated heterocycles. The summed E-state index contributed by atoms with van der Waals surface area (Å²) >= 11 is 1.31. The van der Waals surface area contributed by atoms with Crippen LogP contribution in [0.3, 0.4) is 0 Å². The zero-order valence-electron chi connectivity index (χ0n) is 10.3. The average Bonchev–Trinajstić information content (AvgIpc) is 2.71. The Morgan fingerprint density at radius 1 is 1.61 bits per heavy atom. The van der Waals surface area contributed by atoms with Crippen molar-refractivity contribution in [3.8, 4) is 0 Å². The van der Waals surface area contributed by atoms with Crippen molar-refractivity contribution in [3.05, 3.63) is 6.20 Å². The van der Waals surface area contributed by atoms with Gasteiger partial charge in [0, 0.05) is 19.2 Å².